The smallest absolute Gasteiger partial charge is 0.266 e. The van der Waals surface area contributed by atoms with Gasteiger partial charge in [0, 0.05) is 11.6 Å². The molecular weight excluding hydrogens is 329 g/mol. The van der Waals surface area contributed by atoms with Crippen molar-refractivity contribution in [3.05, 3.63) is 59.9 Å². The summed E-state index contributed by atoms with van der Waals surface area (Å²) < 4.78 is 18.3. The van der Waals surface area contributed by atoms with E-state index < -0.39 is 6.10 Å². The average Bonchev–Trinajstić information content (AvgIpc) is 3.06. The monoisotopic (exact) mass is 343 g/mol. The molecule has 24 heavy (non-hydrogen) atoms. The number of carbonyl (C=O) groups excluding carboxylic acids is 1. The van der Waals surface area contributed by atoms with Gasteiger partial charge in [0.05, 0.1) is 5.69 Å². The molecule has 1 aromatic carbocycles. The third-order valence-corrected chi connectivity index (χ3v) is 3.92. The van der Waals surface area contributed by atoms with Gasteiger partial charge >= 0.3 is 0 Å². The van der Waals surface area contributed by atoms with Crippen LogP contribution in [0, 0.1) is 5.82 Å². The molecule has 3 rings (SSSR count). The first-order valence-corrected chi connectivity index (χ1v) is 8.10. The zero-order valence-electron chi connectivity index (χ0n) is 12.8. The molecule has 0 fully saturated rings. The third kappa shape index (κ3) is 3.94. The van der Waals surface area contributed by atoms with Gasteiger partial charge in [0.15, 0.2) is 11.2 Å². The van der Waals surface area contributed by atoms with E-state index in [2.05, 4.69) is 15.3 Å². The summed E-state index contributed by atoms with van der Waals surface area (Å²) in [5.41, 5.74) is 1.44. The normalized spacial score (nSPS) is 11.8. The molecular formula is C17H14FN3O2S. The van der Waals surface area contributed by atoms with Crippen molar-refractivity contribution < 1.29 is 13.9 Å². The van der Waals surface area contributed by atoms with E-state index in [0.717, 1.165) is 5.69 Å². The predicted octanol–water partition coefficient (Wildman–Crippen LogP) is 3.75. The van der Waals surface area contributed by atoms with Crippen LogP contribution in [0.15, 0.2) is 54.0 Å². The zero-order chi connectivity index (χ0) is 16.9. The number of carbonyl (C=O) groups is 1. The highest BCUT2D eigenvalue weighted by molar-refractivity contribution is 7.14. The van der Waals surface area contributed by atoms with Gasteiger partial charge in [-0.15, -0.1) is 11.3 Å². The molecule has 0 saturated heterocycles. The molecule has 1 N–H and O–H groups in total. The van der Waals surface area contributed by atoms with Gasteiger partial charge in [-0.3, -0.25) is 15.1 Å². The number of hydrogen-bond donors (Lipinski definition) is 1. The lowest BCUT2D eigenvalue weighted by Crippen LogP contribution is -2.30. The van der Waals surface area contributed by atoms with Crippen LogP contribution in [0.25, 0.3) is 11.4 Å². The molecule has 122 valence electrons. The van der Waals surface area contributed by atoms with E-state index in [1.165, 1.54) is 35.6 Å². The number of thiazole rings is 1. The number of pyridine rings is 1. The van der Waals surface area contributed by atoms with Crippen LogP contribution in [0.2, 0.25) is 0 Å². The first-order valence-electron chi connectivity index (χ1n) is 7.22. The van der Waals surface area contributed by atoms with E-state index in [9.17, 15) is 9.18 Å². The summed E-state index contributed by atoms with van der Waals surface area (Å²) in [7, 11) is 0. The van der Waals surface area contributed by atoms with Gasteiger partial charge in [-0.25, -0.2) is 9.37 Å². The molecule has 0 unspecified atom stereocenters. The SMILES string of the molecule is C[C@H](Oc1ccc(F)cc1)C(=O)Nc1nc(-c2ccccn2)cs1. The summed E-state index contributed by atoms with van der Waals surface area (Å²) in [6.45, 7) is 1.62. The van der Waals surface area contributed by atoms with Crippen molar-refractivity contribution in [3.8, 4) is 17.1 Å². The molecule has 2 heterocycles. The second kappa shape index (κ2) is 7.18. The summed E-state index contributed by atoms with van der Waals surface area (Å²) in [5, 5.41) is 5.00. The molecule has 0 radical (unpaired) electrons. The van der Waals surface area contributed by atoms with Crippen molar-refractivity contribution in [3.63, 3.8) is 0 Å². The van der Waals surface area contributed by atoms with Gasteiger partial charge in [0.2, 0.25) is 0 Å². The molecule has 0 saturated carbocycles. The molecule has 0 aliphatic rings. The quantitative estimate of drug-likeness (QED) is 0.766. The Kier molecular flexibility index (Phi) is 4.81. The lowest BCUT2D eigenvalue weighted by Gasteiger charge is -2.13. The maximum absolute atomic E-state index is 12.9. The molecule has 3 aromatic rings. The number of nitrogens with one attached hydrogen (secondary N) is 1. The molecule has 0 spiro atoms. The minimum Gasteiger partial charge on any atom is -0.481 e. The predicted molar refractivity (Wildman–Crippen MR) is 90.5 cm³/mol. The van der Waals surface area contributed by atoms with Crippen LogP contribution in [0.1, 0.15) is 6.92 Å². The van der Waals surface area contributed by atoms with Crippen LogP contribution >= 0.6 is 11.3 Å². The highest BCUT2D eigenvalue weighted by atomic mass is 32.1. The van der Waals surface area contributed by atoms with Crippen molar-refractivity contribution in [2.45, 2.75) is 13.0 Å². The van der Waals surface area contributed by atoms with E-state index in [1.54, 1.807) is 13.1 Å². The molecule has 0 aliphatic heterocycles. The molecule has 2 aromatic heterocycles. The Morgan fingerprint density at radius 1 is 1.21 bits per heavy atom. The van der Waals surface area contributed by atoms with Crippen molar-refractivity contribution >= 4 is 22.4 Å². The van der Waals surface area contributed by atoms with Gasteiger partial charge in [-0.2, -0.15) is 0 Å². The Hall–Kier alpha value is -2.80. The first kappa shape index (κ1) is 16.1. The number of aromatic nitrogens is 2. The number of hydrogen-bond acceptors (Lipinski definition) is 5. The molecule has 5 nitrogen and oxygen atoms in total. The summed E-state index contributed by atoms with van der Waals surface area (Å²) >= 11 is 1.31. The summed E-state index contributed by atoms with van der Waals surface area (Å²) in [5.74, 6) is -0.266. The van der Waals surface area contributed by atoms with E-state index >= 15 is 0 Å². The second-order valence-corrected chi connectivity index (χ2v) is 5.81. The summed E-state index contributed by atoms with van der Waals surface area (Å²) in [6, 6.07) is 11.1. The van der Waals surface area contributed by atoms with E-state index in [1.807, 2.05) is 23.6 Å². The minimum absolute atomic E-state index is 0.332. The molecule has 1 amide bonds. The van der Waals surface area contributed by atoms with Gasteiger partial charge in [0.25, 0.3) is 5.91 Å². The second-order valence-electron chi connectivity index (χ2n) is 4.96. The maximum atomic E-state index is 12.9. The number of ether oxygens (including phenoxy) is 1. The lowest BCUT2D eigenvalue weighted by molar-refractivity contribution is -0.122. The number of benzene rings is 1. The Bertz CT molecular complexity index is 821. The Balaban J connectivity index is 1.62. The van der Waals surface area contributed by atoms with Crippen molar-refractivity contribution in [1.29, 1.82) is 0 Å². The summed E-state index contributed by atoms with van der Waals surface area (Å²) in [6.07, 6.45) is 0.948. The van der Waals surface area contributed by atoms with Crippen LogP contribution in [-0.4, -0.2) is 22.0 Å². The fourth-order valence-electron chi connectivity index (χ4n) is 1.94. The lowest BCUT2D eigenvalue weighted by atomic mass is 10.3. The minimum atomic E-state index is -0.738. The Labute approximate surface area is 142 Å². The Morgan fingerprint density at radius 3 is 2.71 bits per heavy atom. The van der Waals surface area contributed by atoms with Crippen molar-refractivity contribution in [2.24, 2.45) is 0 Å². The molecule has 0 bridgehead atoms. The highest BCUT2D eigenvalue weighted by Crippen LogP contribution is 2.23. The van der Waals surface area contributed by atoms with Crippen LogP contribution in [0.3, 0.4) is 0 Å². The maximum Gasteiger partial charge on any atom is 0.266 e. The van der Waals surface area contributed by atoms with Crippen LogP contribution in [0.5, 0.6) is 5.75 Å². The van der Waals surface area contributed by atoms with Crippen LogP contribution in [-0.2, 0) is 4.79 Å². The first-order chi connectivity index (χ1) is 11.6. The van der Waals surface area contributed by atoms with Gasteiger partial charge in [-0.1, -0.05) is 6.07 Å². The van der Waals surface area contributed by atoms with Crippen LogP contribution < -0.4 is 10.1 Å². The van der Waals surface area contributed by atoms with Crippen molar-refractivity contribution in [2.75, 3.05) is 5.32 Å². The van der Waals surface area contributed by atoms with Crippen LogP contribution in [0.4, 0.5) is 9.52 Å². The fourth-order valence-corrected chi connectivity index (χ4v) is 2.65. The highest BCUT2D eigenvalue weighted by Gasteiger charge is 2.17. The molecule has 1 atom stereocenters. The number of rotatable bonds is 5. The fraction of sp³-hybridized carbons (Fsp3) is 0.118. The number of halogens is 1. The van der Waals surface area contributed by atoms with Gasteiger partial charge in [0.1, 0.15) is 17.3 Å². The third-order valence-electron chi connectivity index (χ3n) is 3.16. The number of nitrogens with zero attached hydrogens (tertiary/aromatic N) is 2. The number of amides is 1. The largest absolute Gasteiger partial charge is 0.481 e. The summed E-state index contributed by atoms with van der Waals surface area (Å²) in [4.78, 5) is 20.7. The molecule has 0 aliphatic carbocycles. The zero-order valence-corrected chi connectivity index (χ0v) is 13.6. The van der Waals surface area contributed by atoms with E-state index in [0.29, 0.717) is 16.6 Å². The Morgan fingerprint density at radius 2 is 2.00 bits per heavy atom. The topological polar surface area (TPSA) is 64.1 Å². The average molecular weight is 343 g/mol. The van der Waals surface area contributed by atoms with Crippen molar-refractivity contribution in [1.82, 2.24) is 9.97 Å². The van der Waals surface area contributed by atoms with Gasteiger partial charge in [-0.05, 0) is 43.3 Å². The number of anilines is 1. The van der Waals surface area contributed by atoms with E-state index in [4.69, 9.17) is 4.74 Å². The molecule has 7 heteroatoms. The van der Waals surface area contributed by atoms with Gasteiger partial charge < -0.3 is 4.74 Å². The standard InChI is InChI=1S/C17H14FN3O2S/c1-11(23-13-7-5-12(18)6-8-13)16(22)21-17-20-15(10-24-17)14-4-2-3-9-19-14/h2-11H,1H3,(H,20,21,22)/t11-/m0/s1. The van der Waals surface area contributed by atoms with E-state index in [-0.39, 0.29) is 11.7 Å².